The van der Waals surface area contributed by atoms with Gasteiger partial charge in [0.2, 0.25) is 5.56 Å². The topological polar surface area (TPSA) is 75.2 Å². The van der Waals surface area contributed by atoms with Crippen molar-refractivity contribution in [2.24, 2.45) is 12.2 Å². The molecule has 3 aromatic rings. The Labute approximate surface area is 163 Å². The summed E-state index contributed by atoms with van der Waals surface area (Å²) in [5, 5.41) is 12.4. The van der Waals surface area contributed by atoms with Crippen molar-refractivity contribution in [1.29, 1.82) is 5.26 Å². The van der Waals surface area contributed by atoms with Crippen LogP contribution >= 0.6 is 0 Å². The molecule has 0 aliphatic rings. The minimum Gasteiger partial charge on any atom is -0.318 e. The monoisotopic (exact) mass is 371 g/mol. The van der Waals surface area contributed by atoms with Gasteiger partial charge in [0.05, 0.1) is 11.6 Å². The Kier molecular flexibility index (Phi) is 5.81. The second-order valence-corrected chi connectivity index (χ2v) is 6.91. The highest BCUT2D eigenvalue weighted by Crippen LogP contribution is 2.36. The van der Waals surface area contributed by atoms with Crippen molar-refractivity contribution in [3.8, 4) is 6.07 Å². The molecule has 0 N–H and O–H groups in total. The predicted molar refractivity (Wildman–Crippen MR) is 109 cm³/mol. The fourth-order valence-electron chi connectivity index (χ4n) is 3.49. The van der Waals surface area contributed by atoms with Gasteiger partial charge in [-0.1, -0.05) is 41.6 Å². The molecular formula is C23H21N3O2. The zero-order chi connectivity index (χ0) is 20.1. The molecule has 0 fully saturated rings. The lowest BCUT2D eigenvalue weighted by molar-refractivity contribution is 0.587. The van der Waals surface area contributed by atoms with Gasteiger partial charge in [0.25, 0.3) is 0 Å². The summed E-state index contributed by atoms with van der Waals surface area (Å²) in [5.41, 5.74) is 4.44. The Hall–Kier alpha value is -3.52. The third kappa shape index (κ3) is 4.07. The van der Waals surface area contributed by atoms with Crippen LogP contribution in [0.15, 0.2) is 76.8 Å². The van der Waals surface area contributed by atoms with Crippen LogP contribution < -0.4 is 5.56 Å². The van der Waals surface area contributed by atoms with Crippen molar-refractivity contribution in [2.75, 3.05) is 0 Å². The molecule has 0 saturated heterocycles. The maximum Gasteiger partial charge on any atom is 0.250 e. The minimum absolute atomic E-state index is 0.0612. The Morgan fingerprint density at radius 2 is 1.71 bits per heavy atom. The van der Waals surface area contributed by atoms with Crippen LogP contribution in [-0.4, -0.2) is 4.57 Å². The lowest BCUT2D eigenvalue weighted by Crippen LogP contribution is -2.16. The van der Waals surface area contributed by atoms with E-state index in [9.17, 15) is 9.70 Å². The summed E-state index contributed by atoms with van der Waals surface area (Å²) in [6, 6.07) is 20.2. The first-order valence-corrected chi connectivity index (χ1v) is 9.08. The van der Waals surface area contributed by atoms with Gasteiger partial charge in [0.15, 0.2) is 0 Å². The van der Waals surface area contributed by atoms with E-state index in [1.54, 1.807) is 31.4 Å². The van der Waals surface area contributed by atoms with E-state index in [0.717, 1.165) is 16.7 Å². The highest BCUT2D eigenvalue weighted by atomic mass is 16.3. The molecule has 0 aliphatic heterocycles. The molecule has 5 nitrogen and oxygen atoms in total. The quantitative estimate of drug-likeness (QED) is 0.595. The van der Waals surface area contributed by atoms with E-state index in [4.69, 9.17) is 5.26 Å². The van der Waals surface area contributed by atoms with E-state index in [2.05, 4.69) is 17.3 Å². The van der Waals surface area contributed by atoms with Crippen LogP contribution in [0.4, 0.5) is 0 Å². The van der Waals surface area contributed by atoms with Gasteiger partial charge in [-0.25, -0.2) is 0 Å². The van der Waals surface area contributed by atoms with Gasteiger partial charge in [0, 0.05) is 25.2 Å². The molecule has 1 heterocycles. The number of hydrogen-bond acceptors (Lipinski definition) is 4. The fraction of sp³-hybridized carbons (Fsp3) is 0.217. The molecule has 0 aliphatic carbocycles. The number of benzene rings is 2. The third-order valence-electron chi connectivity index (χ3n) is 5.09. The van der Waals surface area contributed by atoms with Gasteiger partial charge in [-0.2, -0.15) is 10.2 Å². The SMILES string of the molecule is Cc1ccccc1C(CC(N=O)c1ccc(=O)n(C)c1)c1ccc(C#N)cc1. The van der Waals surface area contributed by atoms with Gasteiger partial charge in [-0.15, -0.1) is 0 Å². The molecule has 0 radical (unpaired) electrons. The smallest absolute Gasteiger partial charge is 0.250 e. The average Bonchev–Trinajstić information content (AvgIpc) is 2.72. The summed E-state index contributed by atoms with van der Waals surface area (Å²) in [6.45, 7) is 2.04. The lowest BCUT2D eigenvalue weighted by Gasteiger charge is -2.23. The number of rotatable bonds is 6. The molecule has 28 heavy (non-hydrogen) atoms. The van der Waals surface area contributed by atoms with Gasteiger partial charge < -0.3 is 4.57 Å². The van der Waals surface area contributed by atoms with E-state index in [1.165, 1.54) is 10.6 Å². The highest BCUT2D eigenvalue weighted by molar-refractivity contribution is 5.41. The Bertz CT molecular complexity index is 1080. The second kappa shape index (κ2) is 8.45. The third-order valence-corrected chi connectivity index (χ3v) is 5.09. The van der Waals surface area contributed by atoms with Crippen molar-refractivity contribution in [3.63, 3.8) is 0 Å². The number of nitroso groups, excluding NO2 is 1. The van der Waals surface area contributed by atoms with Gasteiger partial charge in [-0.05, 0) is 53.8 Å². The molecule has 3 rings (SSSR count). The summed E-state index contributed by atoms with van der Waals surface area (Å²) in [4.78, 5) is 23.4. The number of aryl methyl sites for hydroxylation is 2. The van der Waals surface area contributed by atoms with Crippen molar-refractivity contribution in [3.05, 3.63) is 110 Å². The molecule has 2 atom stereocenters. The molecule has 0 saturated carbocycles. The minimum atomic E-state index is -0.591. The molecule has 0 bridgehead atoms. The first-order chi connectivity index (χ1) is 13.5. The predicted octanol–water partition coefficient (Wildman–Crippen LogP) is 4.60. The summed E-state index contributed by atoms with van der Waals surface area (Å²) in [6.07, 6.45) is 2.14. The lowest BCUT2D eigenvalue weighted by atomic mass is 9.82. The van der Waals surface area contributed by atoms with Crippen LogP contribution in [0.2, 0.25) is 0 Å². The van der Waals surface area contributed by atoms with E-state index >= 15 is 0 Å². The van der Waals surface area contributed by atoms with Gasteiger partial charge in [-0.3, -0.25) is 4.79 Å². The van der Waals surface area contributed by atoms with Gasteiger partial charge in [0.1, 0.15) is 6.04 Å². The van der Waals surface area contributed by atoms with Crippen LogP contribution in [0.25, 0.3) is 0 Å². The molecule has 140 valence electrons. The largest absolute Gasteiger partial charge is 0.318 e. The maximum atomic E-state index is 11.7. The molecule has 0 amide bonds. The Morgan fingerprint density at radius 1 is 1.04 bits per heavy atom. The zero-order valence-corrected chi connectivity index (χ0v) is 15.9. The molecule has 2 unspecified atom stereocenters. The summed E-state index contributed by atoms with van der Waals surface area (Å²) in [7, 11) is 1.66. The Balaban J connectivity index is 2.03. The normalized spacial score (nSPS) is 12.8. The number of aromatic nitrogens is 1. The fourth-order valence-corrected chi connectivity index (χ4v) is 3.49. The van der Waals surface area contributed by atoms with Crippen molar-refractivity contribution < 1.29 is 0 Å². The second-order valence-electron chi connectivity index (χ2n) is 6.91. The van der Waals surface area contributed by atoms with Crippen molar-refractivity contribution in [2.45, 2.75) is 25.3 Å². The molecule has 0 spiro atoms. The van der Waals surface area contributed by atoms with E-state index in [-0.39, 0.29) is 11.5 Å². The summed E-state index contributed by atoms with van der Waals surface area (Å²) >= 11 is 0. The first kappa shape index (κ1) is 19.2. The van der Waals surface area contributed by atoms with Crippen LogP contribution in [-0.2, 0) is 7.05 Å². The number of hydrogen-bond donors (Lipinski definition) is 0. The van der Waals surface area contributed by atoms with Crippen molar-refractivity contribution >= 4 is 0 Å². The number of nitriles is 1. The highest BCUT2D eigenvalue weighted by Gasteiger charge is 2.23. The molecule has 1 aromatic heterocycles. The number of pyridine rings is 1. The Morgan fingerprint density at radius 3 is 2.32 bits per heavy atom. The standard InChI is InChI=1S/C23H21N3O2/c1-16-5-3-4-6-20(16)21(18-9-7-17(14-24)8-10-18)13-22(25-28)19-11-12-23(27)26(2)15-19/h3-12,15,21-22H,13H2,1-2H3. The van der Waals surface area contributed by atoms with Crippen LogP contribution in [0, 0.1) is 23.2 Å². The van der Waals surface area contributed by atoms with Crippen LogP contribution in [0.1, 0.15) is 46.2 Å². The zero-order valence-electron chi connectivity index (χ0n) is 15.9. The van der Waals surface area contributed by atoms with Crippen LogP contribution in [0.3, 0.4) is 0 Å². The average molecular weight is 371 g/mol. The van der Waals surface area contributed by atoms with Gasteiger partial charge >= 0.3 is 0 Å². The first-order valence-electron chi connectivity index (χ1n) is 9.08. The van der Waals surface area contributed by atoms with E-state index < -0.39 is 6.04 Å². The summed E-state index contributed by atoms with van der Waals surface area (Å²) in [5.74, 6) is -0.0612. The van der Waals surface area contributed by atoms with Crippen LogP contribution in [0.5, 0.6) is 0 Å². The maximum absolute atomic E-state index is 11.7. The number of nitrogens with zero attached hydrogens (tertiary/aromatic N) is 3. The van der Waals surface area contributed by atoms with E-state index in [1.807, 2.05) is 37.3 Å². The molecule has 2 aromatic carbocycles. The van der Waals surface area contributed by atoms with E-state index in [0.29, 0.717) is 17.5 Å². The van der Waals surface area contributed by atoms with Crippen molar-refractivity contribution in [1.82, 2.24) is 4.57 Å². The summed E-state index contributed by atoms with van der Waals surface area (Å²) < 4.78 is 1.46. The molecular weight excluding hydrogens is 350 g/mol. The molecule has 5 heteroatoms.